The van der Waals surface area contributed by atoms with Crippen molar-refractivity contribution in [2.75, 3.05) is 19.9 Å². The maximum Gasteiger partial charge on any atom is 0.251 e. The summed E-state index contributed by atoms with van der Waals surface area (Å²) in [5.74, 6) is 0.697. The van der Waals surface area contributed by atoms with Crippen molar-refractivity contribution in [1.29, 1.82) is 0 Å². The average molecular weight is 317 g/mol. The third-order valence-electron chi connectivity index (χ3n) is 3.31. The van der Waals surface area contributed by atoms with E-state index in [1.165, 1.54) is 0 Å². The Morgan fingerprint density at radius 3 is 2.27 bits per heavy atom. The normalized spacial score (nSPS) is 11.7. The van der Waals surface area contributed by atoms with Crippen LogP contribution in [-0.4, -0.2) is 30.0 Å². The summed E-state index contributed by atoms with van der Waals surface area (Å²) in [7, 11) is 0.608. The molecule has 1 atom stereocenters. The molecule has 0 aromatic heterocycles. The molecule has 0 spiro atoms. The summed E-state index contributed by atoms with van der Waals surface area (Å²) in [4.78, 5) is 12.7. The molecule has 0 fully saturated rings. The smallest absolute Gasteiger partial charge is 0.251 e. The Hall–Kier alpha value is -2.14. The minimum atomic E-state index is -1.03. The number of hydrogen-bond donors (Lipinski definition) is 1. The summed E-state index contributed by atoms with van der Waals surface area (Å²) in [6.45, 7) is 0.562. The molecular formula is C17H19NO3S. The second-order valence-corrected chi connectivity index (χ2v) is 6.21. The highest BCUT2D eigenvalue weighted by molar-refractivity contribution is 7.84. The SMILES string of the molecule is COc1ccc(CCNC(=O)c2ccc([S@](C)=O)cc2)cc1. The summed E-state index contributed by atoms with van der Waals surface area (Å²) in [6.07, 6.45) is 2.37. The van der Waals surface area contributed by atoms with Gasteiger partial charge in [0.2, 0.25) is 0 Å². The summed E-state index contributed by atoms with van der Waals surface area (Å²) >= 11 is 0. The van der Waals surface area contributed by atoms with Gasteiger partial charge in [-0.25, -0.2) is 0 Å². The number of benzene rings is 2. The van der Waals surface area contributed by atoms with Gasteiger partial charge in [0.1, 0.15) is 5.75 Å². The van der Waals surface area contributed by atoms with Crippen molar-refractivity contribution >= 4 is 16.7 Å². The zero-order valence-electron chi connectivity index (χ0n) is 12.7. The molecule has 5 heteroatoms. The monoisotopic (exact) mass is 317 g/mol. The van der Waals surface area contributed by atoms with Gasteiger partial charge in [-0.3, -0.25) is 9.00 Å². The van der Waals surface area contributed by atoms with Crippen LogP contribution in [0.1, 0.15) is 15.9 Å². The lowest BCUT2D eigenvalue weighted by atomic mass is 10.1. The van der Waals surface area contributed by atoms with Crippen molar-refractivity contribution in [3.63, 3.8) is 0 Å². The summed E-state index contributed by atoms with van der Waals surface area (Å²) in [6, 6.07) is 14.6. The van der Waals surface area contributed by atoms with Crippen LogP contribution >= 0.6 is 0 Å². The topological polar surface area (TPSA) is 55.4 Å². The van der Waals surface area contributed by atoms with E-state index in [2.05, 4.69) is 5.32 Å². The molecule has 0 radical (unpaired) electrons. The zero-order chi connectivity index (χ0) is 15.9. The molecule has 0 saturated carbocycles. The standard InChI is InChI=1S/C17H19NO3S/c1-21-15-7-3-13(4-8-15)11-12-18-17(19)14-5-9-16(10-6-14)22(2)20/h3-10H,11-12H2,1-2H3,(H,18,19)/t22-/m0/s1. The van der Waals surface area contributed by atoms with E-state index in [0.29, 0.717) is 12.1 Å². The maximum absolute atomic E-state index is 12.0. The lowest BCUT2D eigenvalue weighted by Gasteiger charge is -2.07. The summed E-state index contributed by atoms with van der Waals surface area (Å²) < 4.78 is 16.4. The highest BCUT2D eigenvalue weighted by atomic mass is 32.2. The molecule has 1 N–H and O–H groups in total. The van der Waals surface area contributed by atoms with Crippen molar-refractivity contribution in [3.05, 3.63) is 59.7 Å². The van der Waals surface area contributed by atoms with E-state index < -0.39 is 10.8 Å². The number of methoxy groups -OCH3 is 1. The molecule has 0 aliphatic rings. The molecule has 4 nitrogen and oxygen atoms in total. The Morgan fingerprint density at radius 1 is 1.09 bits per heavy atom. The zero-order valence-corrected chi connectivity index (χ0v) is 13.5. The molecule has 0 saturated heterocycles. The lowest BCUT2D eigenvalue weighted by Crippen LogP contribution is -2.25. The van der Waals surface area contributed by atoms with Crippen molar-refractivity contribution in [2.24, 2.45) is 0 Å². The minimum Gasteiger partial charge on any atom is -0.497 e. The van der Waals surface area contributed by atoms with Crippen LogP contribution in [0.5, 0.6) is 5.75 Å². The molecule has 2 aromatic rings. The van der Waals surface area contributed by atoms with Gasteiger partial charge in [-0.1, -0.05) is 12.1 Å². The molecule has 2 rings (SSSR count). The molecule has 0 unspecified atom stereocenters. The fraction of sp³-hybridized carbons (Fsp3) is 0.235. The van der Waals surface area contributed by atoms with Crippen LogP contribution in [0.3, 0.4) is 0 Å². The van der Waals surface area contributed by atoms with E-state index in [1.807, 2.05) is 24.3 Å². The molecule has 0 heterocycles. The van der Waals surface area contributed by atoms with Gasteiger partial charge < -0.3 is 10.1 Å². The van der Waals surface area contributed by atoms with Gasteiger partial charge in [-0.05, 0) is 48.4 Å². The Morgan fingerprint density at radius 2 is 1.73 bits per heavy atom. The fourth-order valence-corrected chi connectivity index (χ4v) is 2.53. The Labute approximate surface area is 133 Å². The van der Waals surface area contributed by atoms with E-state index >= 15 is 0 Å². The van der Waals surface area contributed by atoms with Crippen molar-refractivity contribution in [1.82, 2.24) is 5.32 Å². The van der Waals surface area contributed by atoms with Crippen LogP contribution in [0.4, 0.5) is 0 Å². The molecule has 22 heavy (non-hydrogen) atoms. The first-order valence-electron chi connectivity index (χ1n) is 6.95. The number of nitrogens with one attached hydrogen (secondary N) is 1. The first kappa shape index (κ1) is 16.2. The lowest BCUT2D eigenvalue weighted by molar-refractivity contribution is 0.0954. The largest absolute Gasteiger partial charge is 0.497 e. The number of amides is 1. The molecule has 0 bridgehead atoms. The van der Waals surface area contributed by atoms with Gasteiger partial charge in [0, 0.05) is 34.1 Å². The van der Waals surface area contributed by atoms with Crippen LogP contribution in [0, 0.1) is 0 Å². The van der Waals surface area contributed by atoms with Crippen molar-refractivity contribution in [3.8, 4) is 5.75 Å². The number of carbonyl (C=O) groups excluding carboxylic acids is 1. The maximum atomic E-state index is 12.0. The van der Waals surface area contributed by atoms with Gasteiger partial charge in [0.05, 0.1) is 7.11 Å². The molecule has 2 aromatic carbocycles. The number of carbonyl (C=O) groups is 1. The Bertz CT molecular complexity index is 651. The van der Waals surface area contributed by atoms with E-state index in [9.17, 15) is 9.00 Å². The van der Waals surface area contributed by atoms with Crippen LogP contribution in [0.15, 0.2) is 53.4 Å². The van der Waals surface area contributed by atoms with E-state index in [0.717, 1.165) is 22.6 Å². The first-order valence-corrected chi connectivity index (χ1v) is 8.50. The Balaban J connectivity index is 1.85. The van der Waals surface area contributed by atoms with Crippen LogP contribution in [0.2, 0.25) is 0 Å². The highest BCUT2D eigenvalue weighted by Crippen LogP contribution is 2.11. The number of rotatable bonds is 6. The Kier molecular flexibility index (Phi) is 5.72. The minimum absolute atomic E-state index is 0.123. The molecule has 0 aliphatic carbocycles. The third-order valence-corrected chi connectivity index (χ3v) is 4.24. The molecule has 1 amide bonds. The number of ether oxygens (including phenoxy) is 1. The average Bonchev–Trinajstić information content (AvgIpc) is 2.55. The van der Waals surface area contributed by atoms with Crippen LogP contribution in [-0.2, 0) is 17.2 Å². The van der Waals surface area contributed by atoms with E-state index in [4.69, 9.17) is 4.74 Å². The van der Waals surface area contributed by atoms with Gasteiger partial charge in [0.15, 0.2) is 0 Å². The predicted octanol–water partition coefficient (Wildman–Crippen LogP) is 2.41. The second-order valence-electron chi connectivity index (χ2n) is 4.83. The van der Waals surface area contributed by atoms with Gasteiger partial charge in [0.25, 0.3) is 5.91 Å². The third kappa shape index (κ3) is 4.43. The van der Waals surface area contributed by atoms with Crippen LogP contribution in [0.25, 0.3) is 0 Å². The predicted molar refractivity (Wildman–Crippen MR) is 87.8 cm³/mol. The number of hydrogen-bond acceptors (Lipinski definition) is 3. The second kappa shape index (κ2) is 7.75. The van der Waals surface area contributed by atoms with Crippen molar-refractivity contribution < 1.29 is 13.7 Å². The van der Waals surface area contributed by atoms with Gasteiger partial charge in [-0.2, -0.15) is 0 Å². The van der Waals surface area contributed by atoms with E-state index in [1.54, 1.807) is 37.6 Å². The summed E-state index contributed by atoms with van der Waals surface area (Å²) in [5, 5.41) is 2.88. The van der Waals surface area contributed by atoms with Crippen molar-refractivity contribution in [2.45, 2.75) is 11.3 Å². The fourth-order valence-electron chi connectivity index (χ4n) is 2.01. The van der Waals surface area contributed by atoms with Gasteiger partial charge >= 0.3 is 0 Å². The van der Waals surface area contributed by atoms with E-state index in [-0.39, 0.29) is 5.91 Å². The molecular weight excluding hydrogens is 298 g/mol. The molecule has 116 valence electrons. The molecule has 0 aliphatic heterocycles. The summed E-state index contributed by atoms with van der Waals surface area (Å²) in [5.41, 5.74) is 1.71. The highest BCUT2D eigenvalue weighted by Gasteiger charge is 2.06. The first-order chi connectivity index (χ1) is 10.6. The van der Waals surface area contributed by atoms with Crippen LogP contribution < -0.4 is 10.1 Å². The van der Waals surface area contributed by atoms with Gasteiger partial charge in [-0.15, -0.1) is 0 Å². The quantitative estimate of drug-likeness (QED) is 0.890.